The van der Waals surface area contributed by atoms with Crippen LogP contribution in [0.15, 0.2) is 0 Å². The average Bonchev–Trinajstić information content (AvgIpc) is 2.27. The van der Waals surface area contributed by atoms with E-state index in [2.05, 4.69) is 0 Å². The molecule has 1 saturated heterocycles. The van der Waals surface area contributed by atoms with E-state index in [0.717, 1.165) is 32.2 Å². The van der Waals surface area contributed by atoms with Crippen molar-refractivity contribution in [1.82, 2.24) is 4.90 Å². The van der Waals surface area contributed by atoms with Gasteiger partial charge in [-0.2, -0.15) is 0 Å². The third-order valence-corrected chi connectivity index (χ3v) is 4.44. The number of hydrogen-bond acceptors (Lipinski definition) is 3. The molecule has 1 saturated carbocycles. The lowest BCUT2D eigenvalue weighted by Crippen LogP contribution is -2.50. The van der Waals surface area contributed by atoms with Crippen molar-refractivity contribution >= 4 is 5.91 Å². The lowest BCUT2D eigenvalue weighted by atomic mass is 9.77. The number of β-amino-alcohol motifs (C(OH)–C–C–N with tert-alkyl or cyclic N) is 1. The van der Waals surface area contributed by atoms with Crippen molar-refractivity contribution in [3.8, 4) is 0 Å². The highest BCUT2D eigenvalue weighted by Crippen LogP contribution is 2.38. The molecule has 2 aliphatic rings. The van der Waals surface area contributed by atoms with Crippen molar-refractivity contribution in [2.24, 2.45) is 5.92 Å². The van der Waals surface area contributed by atoms with Crippen molar-refractivity contribution in [3.05, 3.63) is 0 Å². The number of nitrogens with zero attached hydrogens (tertiary/aromatic N) is 1. The molecule has 1 amide bonds. The van der Waals surface area contributed by atoms with Crippen LogP contribution in [-0.2, 0) is 9.53 Å². The van der Waals surface area contributed by atoms with Crippen LogP contribution in [0.2, 0.25) is 0 Å². The molecule has 0 aromatic heterocycles. The van der Waals surface area contributed by atoms with Crippen molar-refractivity contribution in [2.45, 2.75) is 50.7 Å². The zero-order valence-corrected chi connectivity index (χ0v) is 10.8. The van der Waals surface area contributed by atoms with E-state index in [-0.39, 0.29) is 17.6 Å². The lowest BCUT2D eigenvalue weighted by molar-refractivity contribution is -0.147. The fraction of sp³-hybridized carbons (Fsp3) is 0.923. The summed E-state index contributed by atoms with van der Waals surface area (Å²) in [6.45, 7) is 3.30. The van der Waals surface area contributed by atoms with Crippen LogP contribution in [0.1, 0.15) is 39.0 Å². The van der Waals surface area contributed by atoms with Gasteiger partial charge < -0.3 is 14.7 Å². The SMILES string of the molecule is COC1(CC(=O)N2CCC(C)C(O)C2)CCC1. The number of carbonyl (C=O) groups is 1. The number of aliphatic hydroxyl groups excluding tert-OH is 1. The molecule has 98 valence electrons. The van der Waals surface area contributed by atoms with Crippen molar-refractivity contribution in [2.75, 3.05) is 20.2 Å². The van der Waals surface area contributed by atoms with Gasteiger partial charge in [-0.25, -0.2) is 0 Å². The second-order valence-electron chi connectivity index (χ2n) is 5.59. The summed E-state index contributed by atoms with van der Waals surface area (Å²) in [7, 11) is 1.69. The van der Waals surface area contributed by atoms with E-state index in [0.29, 0.717) is 18.9 Å². The summed E-state index contributed by atoms with van der Waals surface area (Å²) in [4.78, 5) is 13.9. The molecule has 0 aromatic rings. The van der Waals surface area contributed by atoms with E-state index >= 15 is 0 Å². The molecule has 0 bridgehead atoms. The molecular formula is C13H23NO3. The second kappa shape index (κ2) is 4.94. The molecule has 2 atom stereocenters. The van der Waals surface area contributed by atoms with Crippen LogP contribution >= 0.6 is 0 Å². The Balaban J connectivity index is 1.88. The standard InChI is InChI=1S/C13H23NO3/c1-10-4-7-14(9-11(10)15)12(16)8-13(17-2)5-3-6-13/h10-11,15H,3-9H2,1-2H3. The lowest BCUT2D eigenvalue weighted by Gasteiger charge is -2.42. The summed E-state index contributed by atoms with van der Waals surface area (Å²) in [6.07, 6.45) is 4.13. The predicted molar refractivity (Wildman–Crippen MR) is 64.6 cm³/mol. The summed E-state index contributed by atoms with van der Waals surface area (Å²) in [5.41, 5.74) is -0.203. The predicted octanol–water partition coefficient (Wildman–Crippen LogP) is 1.17. The van der Waals surface area contributed by atoms with Gasteiger partial charge in [0.2, 0.25) is 5.91 Å². The van der Waals surface area contributed by atoms with E-state index in [1.54, 1.807) is 12.0 Å². The first kappa shape index (κ1) is 12.8. The van der Waals surface area contributed by atoms with Crippen LogP contribution in [0.4, 0.5) is 0 Å². The zero-order valence-electron chi connectivity index (χ0n) is 10.8. The van der Waals surface area contributed by atoms with Crippen LogP contribution in [0.5, 0.6) is 0 Å². The Bertz CT molecular complexity index is 283. The monoisotopic (exact) mass is 241 g/mol. The Morgan fingerprint density at radius 2 is 2.24 bits per heavy atom. The minimum absolute atomic E-state index is 0.137. The summed E-state index contributed by atoms with van der Waals surface area (Å²) in [5, 5.41) is 9.80. The van der Waals surface area contributed by atoms with E-state index < -0.39 is 0 Å². The van der Waals surface area contributed by atoms with E-state index in [9.17, 15) is 9.90 Å². The molecule has 4 heteroatoms. The van der Waals surface area contributed by atoms with Gasteiger partial charge in [-0.05, 0) is 31.6 Å². The number of carbonyl (C=O) groups excluding carboxylic acids is 1. The van der Waals surface area contributed by atoms with Gasteiger partial charge in [0.05, 0.1) is 18.1 Å². The number of ether oxygens (including phenoxy) is 1. The fourth-order valence-corrected chi connectivity index (χ4v) is 2.69. The third-order valence-electron chi connectivity index (χ3n) is 4.44. The Kier molecular flexibility index (Phi) is 3.73. The Morgan fingerprint density at radius 1 is 1.53 bits per heavy atom. The van der Waals surface area contributed by atoms with Gasteiger partial charge in [-0.15, -0.1) is 0 Å². The normalized spacial score (nSPS) is 32.1. The number of likely N-dealkylation sites (tertiary alicyclic amines) is 1. The van der Waals surface area contributed by atoms with Gasteiger partial charge >= 0.3 is 0 Å². The molecule has 1 N–H and O–H groups in total. The van der Waals surface area contributed by atoms with Crippen molar-refractivity contribution < 1.29 is 14.6 Å². The molecule has 0 aromatic carbocycles. The summed E-state index contributed by atoms with van der Waals surface area (Å²) in [5.74, 6) is 0.441. The molecule has 2 unspecified atom stereocenters. The molecule has 1 heterocycles. The first-order valence-electron chi connectivity index (χ1n) is 6.57. The minimum Gasteiger partial charge on any atom is -0.391 e. The molecule has 2 fully saturated rings. The van der Waals surface area contributed by atoms with Gasteiger partial charge in [0, 0.05) is 20.2 Å². The quantitative estimate of drug-likeness (QED) is 0.807. The molecule has 2 rings (SSSR count). The smallest absolute Gasteiger partial charge is 0.225 e. The van der Waals surface area contributed by atoms with Gasteiger partial charge in [0.15, 0.2) is 0 Å². The molecule has 0 spiro atoms. The van der Waals surface area contributed by atoms with Gasteiger partial charge in [-0.1, -0.05) is 6.92 Å². The van der Waals surface area contributed by atoms with Crippen molar-refractivity contribution in [3.63, 3.8) is 0 Å². The van der Waals surface area contributed by atoms with Crippen molar-refractivity contribution in [1.29, 1.82) is 0 Å². The summed E-state index contributed by atoms with van der Waals surface area (Å²) in [6, 6.07) is 0. The van der Waals surface area contributed by atoms with Crippen LogP contribution in [0.3, 0.4) is 0 Å². The highest BCUT2D eigenvalue weighted by Gasteiger charge is 2.40. The van der Waals surface area contributed by atoms with Crippen LogP contribution in [0.25, 0.3) is 0 Å². The summed E-state index contributed by atoms with van der Waals surface area (Å²) < 4.78 is 5.47. The third kappa shape index (κ3) is 2.63. The Morgan fingerprint density at radius 3 is 2.71 bits per heavy atom. The highest BCUT2D eigenvalue weighted by molar-refractivity contribution is 5.77. The first-order valence-corrected chi connectivity index (χ1v) is 6.57. The highest BCUT2D eigenvalue weighted by atomic mass is 16.5. The Labute approximate surface area is 103 Å². The van der Waals surface area contributed by atoms with Crippen LogP contribution in [-0.4, -0.2) is 47.8 Å². The van der Waals surface area contributed by atoms with Crippen LogP contribution < -0.4 is 0 Å². The van der Waals surface area contributed by atoms with E-state index in [1.807, 2.05) is 6.92 Å². The topological polar surface area (TPSA) is 49.8 Å². The maximum Gasteiger partial charge on any atom is 0.225 e. The number of aliphatic hydroxyl groups is 1. The minimum atomic E-state index is -0.368. The fourth-order valence-electron chi connectivity index (χ4n) is 2.69. The van der Waals surface area contributed by atoms with E-state index in [1.165, 1.54) is 0 Å². The number of rotatable bonds is 3. The van der Waals surface area contributed by atoms with Gasteiger partial charge in [0.25, 0.3) is 0 Å². The molecular weight excluding hydrogens is 218 g/mol. The molecule has 1 aliphatic heterocycles. The van der Waals surface area contributed by atoms with Gasteiger partial charge in [-0.3, -0.25) is 4.79 Å². The molecule has 1 aliphatic carbocycles. The second-order valence-corrected chi connectivity index (χ2v) is 5.59. The average molecular weight is 241 g/mol. The first-order chi connectivity index (χ1) is 8.06. The van der Waals surface area contributed by atoms with Gasteiger partial charge in [0.1, 0.15) is 0 Å². The van der Waals surface area contributed by atoms with Crippen LogP contribution in [0, 0.1) is 5.92 Å². The zero-order chi connectivity index (χ0) is 12.5. The number of amides is 1. The maximum absolute atomic E-state index is 12.2. The Hall–Kier alpha value is -0.610. The number of piperidine rings is 1. The molecule has 4 nitrogen and oxygen atoms in total. The largest absolute Gasteiger partial charge is 0.391 e. The summed E-state index contributed by atoms with van der Waals surface area (Å²) >= 11 is 0. The molecule has 0 radical (unpaired) electrons. The number of methoxy groups -OCH3 is 1. The molecule has 17 heavy (non-hydrogen) atoms. The number of hydrogen-bond donors (Lipinski definition) is 1. The van der Waals surface area contributed by atoms with E-state index in [4.69, 9.17) is 4.74 Å². The maximum atomic E-state index is 12.2.